The third-order valence-electron chi connectivity index (χ3n) is 3.86. The third kappa shape index (κ3) is 4.56. The first-order valence-corrected chi connectivity index (χ1v) is 9.32. The van der Waals surface area contributed by atoms with Gasteiger partial charge in [0.25, 0.3) is 5.91 Å². The highest BCUT2D eigenvalue weighted by Gasteiger charge is 2.42. The molecule has 0 unspecified atom stereocenters. The summed E-state index contributed by atoms with van der Waals surface area (Å²) in [5.41, 5.74) is 5.62. The lowest BCUT2D eigenvalue weighted by Gasteiger charge is -2.18. The van der Waals surface area contributed by atoms with Gasteiger partial charge in [-0.05, 0) is 36.8 Å². The Kier molecular flexibility index (Phi) is 5.90. The van der Waals surface area contributed by atoms with E-state index in [0.29, 0.717) is 18.2 Å². The Hall–Kier alpha value is -3.09. The van der Waals surface area contributed by atoms with Crippen LogP contribution in [0.4, 0.5) is 26.3 Å². The molecule has 2 aromatic carbocycles. The summed E-state index contributed by atoms with van der Waals surface area (Å²) in [6, 6.07) is 3.47. The molecular formula is C17H13F6N3O3S. The van der Waals surface area contributed by atoms with Crippen molar-refractivity contribution in [1.82, 2.24) is 0 Å². The normalized spacial score (nSPS) is 12.5. The number of hydrogen-bond donors (Lipinski definition) is 2. The lowest BCUT2D eigenvalue weighted by atomic mass is 10.0. The van der Waals surface area contributed by atoms with Gasteiger partial charge in [0, 0.05) is 5.56 Å². The highest BCUT2D eigenvalue weighted by atomic mass is 32.2. The van der Waals surface area contributed by atoms with Crippen LogP contribution >= 0.6 is 0 Å². The van der Waals surface area contributed by atoms with E-state index in [4.69, 9.17) is 11.5 Å². The van der Waals surface area contributed by atoms with Crippen molar-refractivity contribution in [2.45, 2.75) is 29.1 Å². The molecule has 162 valence electrons. The van der Waals surface area contributed by atoms with Crippen LogP contribution < -0.4 is 11.5 Å². The average molecular weight is 453 g/mol. The molecule has 0 fully saturated rings. The van der Waals surface area contributed by atoms with Crippen molar-refractivity contribution in [2.24, 2.45) is 16.5 Å². The number of sulfone groups is 1. The van der Waals surface area contributed by atoms with Crippen LogP contribution in [-0.4, -0.2) is 20.3 Å². The SMILES string of the molecule is Cc1cc(S(=O)(=O)c2ccccc2C(F)(F)F)c(C(F)(F)F)cc1C(=O)N=C(N)N. The number of amides is 1. The molecule has 0 aliphatic carbocycles. The average Bonchev–Trinajstić information content (AvgIpc) is 2.59. The number of carbonyl (C=O) groups is 1. The van der Waals surface area contributed by atoms with Gasteiger partial charge in [-0.3, -0.25) is 4.79 Å². The topological polar surface area (TPSA) is 116 Å². The molecule has 0 radical (unpaired) electrons. The summed E-state index contributed by atoms with van der Waals surface area (Å²) in [4.78, 5) is 12.3. The second-order valence-corrected chi connectivity index (χ2v) is 7.89. The van der Waals surface area contributed by atoms with Gasteiger partial charge in [-0.1, -0.05) is 12.1 Å². The second-order valence-electron chi connectivity index (χ2n) is 6.00. The number of aryl methyl sites for hydroxylation is 1. The molecule has 0 bridgehead atoms. The number of alkyl halides is 6. The number of aliphatic imine (C=N–C) groups is 1. The van der Waals surface area contributed by atoms with Gasteiger partial charge >= 0.3 is 12.4 Å². The Morgan fingerprint density at radius 1 is 0.900 bits per heavy atom. The molecule has 2 aromatic rings. The van der Waals surface area contributed by atoms with E-state index in [1.165, 1.54) is 0 Å². The second kappa shape index (κ2) is 7.63. The van der Waals surface area contributed by atoms with Gasteiger partial charge in [0.1, 0.15) is 0 Å². The predicted octanol–water partition coefficient (Wildman–Crippen LogP) is 3.28. The standard InChI is InChI=1S/C17H13F6N3O3S/c1-8-6-13(11(17(21,22)23)7-9(8)14(27)26-15(24)25)30(28,29)12-5-3-2-4-10(12)16(18,19)20/h2-7H,1H3,(H4,24,25,26,27). The monoisotopic (exact) mass is 453 g/mol. The van der Waals surface area contributed by atoms with E-state index >= 15 is 0 Å². The summed E-state index contributed by atoms with van der Waals surface area (Å²) in [5.74, 6) is -2.03. The quantitative estimate of drug-likeness (QED) is 0.421. The Balaban J connectivity index is 2.87. The van der Waals surface area contributed by atoms with Crippen LogP contribution in [0.25, 0.3) is 0 Å². The Labute approximate surface area is 166 Å². The van der Waals surface area contributed by atoms with Crippen LogP contribution in [0.15, 0.2) is 51.2 Å². The highest BCUT2D eigenvalue weighted by molar-refractivity contribution is 7.91. The van der Waals surface area contributed by atoms with Crippen LogP contribution in [0, 0.1) is 6.92 Å². The molecule has 1 amide bonds. The maximum Gasteiger partial charge on any atom is 0.417 e. The molecule has 0 aromatic heterocycles. The van der Waals surface area contributed by atoms with E-state index in [9.17, 15) is 39.6 Å². The Morgan fingerprint density at radius 2 is 1.43 bits per heavy atom. The lowest BCUT2D eigenvalue weighted by molar-refractivity contribution is -0.140. The summed E-state index contributed by atoms with van der Waals surface area (Å²) in [7, 11) is -5.29. The number of rotatable bonds is 3. The maximum atomic E-state index is 13.6. The molecule has 0 atom stereocenters. The molecule has 2 rings (SSSR count). The van der Waals surface area contributed by atoms with E-state index in [-0.39, 0.29) is 11.6 Å². The van der Waals surface area contributed by atoms with E-state index < -0.39 is 60.5 Å². The molecule has 13 heteroatoms. The molecule has 0 saturated heterocycles. The minimum Gasteiger partial charge on any atom is -0.370 e. The molecular weight excluding hydrogens is 440 g/mol. The first-order valence-electron chi connectivity index (χ1n) is 7.84. The van der Waals surface area contributed by atoms with Gasteiger partial charge in [-0.2, -0.15) is 31.3 Å². The number of halogens is 6. The number of carbonyl (C=O) groups excluding carboxylic acids is 1. The number of guanidine groups is 1. The van der Waals surface area contributed by atoms with E-state index in [0.717, 1.165) is 19.1 Å². The Morgan fingerprint density at radius 3 is 1.93 bits per heavy atom. The zero-order chi connectivity index (χ0) is 23.1. The van der Waals surface area contributed by atoms with Gasteiger partial charge < -0.3 is 11.5 Å². The minimum absolute atomic E-state index is 0.188. The summed E-state index contributed by atoms with van der Waals surface area (Å²) < 4.78 is 106. The van der Waals surface area contributed by atoms with Crippen molar-refractivity contribution in [3.05, 3.63) is 58.7 Å². The van der Waals surface area contributed by atoms with Gasteiger partial charge in [0.2, 0.25) is 9.84 Å². The fraction of sp³-hybridized carbons (Fsp3) is 0.176. The molecule has 4 N–H and O–H groups in total. The molecule has 6 nitrogen and oxygen atoms in total. The molecule has 0 spiro atoms. The summed E-state index contributed by atoms with van der Waals surface area (Å²) in [5, 5.41) is 0. The van der Waals surface area contributed by atoms with Gasteiger partial charge in [0.15, 0.2) is 5.96 Å². The first kappa shape index (κ1) is 23.2. The van der Waals surface area contributed by atoms with Crippen molar-refractivity contribution in [3.63, 3.8) is 0 Å². The molecule has 0 aliphatic heterocycles. The first-order chi connectivity index (χ1) is 13.6. The zero-order valence-corrected chi connectivity index (χ0v) is 15.8. The van der Waals surface area contributed by atoms with Gasteiger partial charge in [0.05, 0.1) is 20.9 Å². The fourth-order valence-electron chi connectivity index (χ4n) is 2.59. The molecule has 0 saturated carbocycles. The molecule has 0 aliphatic rings. The van der Waals surface area contributed by atoms with E-state index in [1.807, 2.05) is 0 Å². The van der Waals surface area contributed by atoms with Crippen LogP contribution in [0.2, 0.25) is 0 Å². The fourth-order valence-corrected chi connectivity index (χ4v) is 4.35. The lowest BCUT2D eigenvalue weighted by Crippen LogP contribution is -2.24. The van der Waals surface area contributed by atoms with Gasteiger partial charge in [-0.15, -0.1) is 0 Å². The number of benzene rings is 2. The number of nitrogens with two attached hydrogens (primary N) is 2. The summed E-state index contributed by atoms with van der Waals surface area (Å²) in [6.07, 6.45) is -10.5. The van der Waals surface area contributed by atoms with Crippen LogP contribution in [0.3, 0.4) is 0 Å². The van der Waals surface area contributed by atoms with Crippen molar-refractivity contribution in [2.75, 3.05) is 0 Å². The Bertz CT molecular complexity index is 1130. The van der Waals surface area contributed by atoms with Crippen LogP contribution in [0.5, 0.6) is 0 Å². The number of nitrogens with zero attached hydrogens (tertiary/aromatic N) is 1. The van der Waals surface area contributed by atoms with Crippen molar-refractivity contribution in [1.29, 1.82) is 0 Å². The van der Waals surface area contributed by atoms with Crippen molar-refractivity contribution < 1.29 is 39.6 Å². The van der Waals surface area contributed by atoms with E-state index in [2.05, 4.69) is 4.99 Å². The van der Waals surface area contributed by atoms with Crippen LogP contribution in [-0.2, 0) is 22.2 Å². The zero-order valence-electron chi connectivity index (χ0n) is 15.0. The van der Waals surface area contributed by atoms with Crippen molar-refractivity contribution in [3.8, 4) is 0 Å². The largest absolute Gasteiger partial charge is 0.417 e. The smallest absolute Gasteiger partial charge is 0.370 e. The maximum absolute atomic E-state index is 13.6. The van der Waals surface area contributed by atoms with Crippen molar-refractivity contribution >= 4 is 21.7 Å². The summed E-state index contributed by atoms with van der Waals surface area (Å²) in [6.45, 7) is 1.09. The summed E-state index contributed by atoms with van der Waals surface area (Å²) >= 11 is 0. The third-order valence-corrected chi connectivity index (χ3v) is 5.72. The van der Waals surface area contributed by atoms with Crippen LogP contribution in [0.1, 0.15) is 27.0 Å². The number of hydrogen-bond acceptors (Lipinski definition) is 3. The van der Waals surface area contributed by atoms with E-state index in [1.54, 1.807) is 0 Å². The highest BCUT2D eigenvalue weighted by Crippen LogP contribution is 2.41. The predicted molar refractivity (Wildman–Crippen MR) is 93.2 cm³/mol. The molecule has 0 heterocycles. The molecule has 30 heavy (non-hydrogen) atoms. The minimum atomic E-state index is -5.32. The van der Waals surface area contributed by atoms with Gasteiger partial charge in [-0.25, -0.2) is 8.42 Å².